The molecule has 0 radical (unpaired) electrons. The zero-order valence-electron chi connectivity index (χ0n) is 16.1. The standard InChI is InChI=1S/C20H23ClN2O5/c1-20(2,3)28-19(24)22(10-11-27-18-9-5-7-16(21)13-18)14-15-6-4-8-17(12-15)23(25)26/h4-9,12-13H,10-11,14H2,1-3H3. The number of benzene rings is 2. The lowest BCUT2D eigenvalue weighted by Crippen LogP contribution is -2.38. The first-order valence-corrected chi connectivity index (χ1v) is 9.11. The molecule has 0 spiro atoms. The molecule has 0 unspecified atom stereocenters. The van der Waals surface area contributed by atoms with Crippen LogP contribution in [0.5, 0.6) is 5.75 Å². The Hall–Kier alpha value is -2.80. The van der Waals surface area contributed by atoms with Gasteiger partial charge in [-0.1, -0.05) is 29.8 Å². The summed E-state index contributed by atoms with van der Waals surface area (Å²) in [6.07, 6.45) is -0.520. The summed E-state index contributed by atoms with van der Waals surface area (Å²) in [6, 6.07) is 13.1. The molecule has 0 saturated heterocycles. The molecule has 0 saturated carbocycles. The lowest BCUT2D eigenvalue weighted by molar-refractivity contribution is -0.384. The number of ether oxygens (including phenoxy) is 2. The third kappa shape index (κ3) is 7.08. The summed E-state index contributed by atoms with van der Waals surface area (Å²) in [5.41, 5.74) is -0.0640. The molecule has 2 aromatic carbocycles. The molecule has 0 bridgehead atoms. The normalized spacial score (nSPS) is 11.0. The van der Waals surface area contributed by atoms with Gasteiger partial charge in [0.05, 0.1) is 11.5 Å². The molecule has 7 nitrogen and oxygen atoms in total. The van der Waals surface area contributed by atoms with Crippen LogP contribution in [0.3, 0.4) is 0 Å². The van der Waals surface area contributed by atoms with E-state index in [0.717, 1.165) is 0 Å². The van der Waals surface area contributed by atoms with Crippen molar-refractivity contribution in [3.8, 4) is 5.75 Å². The van der Waals surface area contributed by atoms with Crippen LogP contribution in [0.1, 0.15) is 26.3 Å². The van der Waals surface area contributed by atoms with Crippen molar-refractivity contribution in [3.05, 3.63) is 69.2 Å². The molecule has 0 aliphatic rings. The fourth-order valence-electron chi connectivity index (χ4n) is 2.38. The molecule has 0 heterocycles. The number of carbonyl (C=O) groups excluding carboxylic acids is 1. The number of hydrogen-bond donors (Lipinski definition) is 0. The molecule has 0 aliphatic heterocycles. The molecule has 0 aliphatic carbocycles. The lowest BCUT2D eigenvalue weighted by Gasteiger charge is -2.27. The van der Waals surface area contributed by atoms with Crippen molar-refractivity contribution in [2.24, 2.45) is 0 Å². The van der Waals surface area contributed by atoms with E-state index in [4.69, 9.17) is 21.1 Å². The minimum Gasteiger partial charge on any atom is -0.492 e. The third-order valence-electron chi connectivity index (χ3n) is 3.57. The van der Waals surface area contributed by atoms with E-state index in [9.17, 15) is 14.9 Å². The van der Waals surface area contributed by atoms with Crippen LogP contribution in [0, 0.1) is 10.1 Å². The second kappa shape index (κ2) is 9.41. The Bertz CT molecular complexity index is 835. The van der Waals surface area contributed by atoms with Gasteiger partial charge < -0.3 is 14.4 Å². The first kappa shape index (κ1) is 21.5. The molecule has 2 rings (SSSR count). The van der Waals surface area contributed by atoms with Gasteiger partial charge in [0.2, 0.25) is 0 Å². The topological polar surface area (TPSA) is 81.9 Å². The fraction of sp³-hybridized carbons (Fsp3) is 0.350. The van der Waals surface area contributed by atoms with Crippen LogP contribution in [0.25, 0.3) is 0 Å². The molecule has 8 heteroatoms. The smallest absolute Gasteiger partial charge is 0.410 e. The molecule has 0 fully saturated rings. The van der Waals surface area contributed by atoms with E-state index >= 15 is 0 Å². The van der Waals surface area contributed by atoms with E-state index < -0.39 is 16.6 Å². The highest BCUT2D eigenvalue weighted by atomic mass is 35.5. The predicted molar refractivity (Wildman–Crippen MR) is 107 cm³/mol. The quantitative estimate of drug-likeness (QED) is 0.474. The van der Waals surface area contributed by atoms with Gasteiger partial charge in [0.25, 0.3) is 5.69 Å². The average Bonchev–Trinajstić information content (AvgIpc) is 2.59. The minimum atomic E-state index is -0.661. The molecule has 2 aromatic rings. The fourth-order valence-corrected chi connectivity index (χ4v) is 2.56. The maximum atomic E-state index is 12.6. The van der Waals surface area contributed by atoms with Crippen molar-refractivity contribution < 1.29 is 19.2 Å². The van der Waals surface area contributed by atoms with Crippen LogP contribution in [0.2, 0.25) is 5.02 Å². The summed E-state index contributed by atoms with van der Waals surface area (Å²) in [5.74, 6) is 0.590. The Morgan fingerprint density at radius 3 is 2.54 bits per heavy atom. The number of amides is 1. The van der Waals surface area contributed by atoms with Crippen molar-refractivity contribution in [1.82, 2.24) is 4.90 Å². The third-order valence-corrected chi connectivity index (χ3v) is 3.81. The SMILES string of the molecule is CC(C)(C)OC(=O)N(CCOc1cccc(Cl)c1)Cc1cccc([N+](=O)[O-])c1. The Morgan fingerprint density at radius 1 is 1.18 bits per heavy atom. The minimum absolute atomic E-state index is 0.0307. The van der Waals surface area contributed by atoms with Crippen molar-refractivity contribution in [1.29, 1.82) is 0 Å². The Labute approximate surface area is 169 Å². The first-order valence-electron chi connectivity index (χ1n) is 8.74. The van der Waals surface area contributed by atoms with Crippen LogP contribution in [-0.2, 0) is 11.3 Å². The Balaban J connectivity index is 2.09. The number of nitrogens with zero attached hydrogens (tertiary/aromatic N) is 2. The van der Waals surface area contributed by atoms with Gasteiger partial charge in [-0.05, 0) is 44.5 Å². The van der Waals surface area contributed by atoms with Gasteiger partial charge >= 0.3 is 6.09 Å². The maximum Gasteiger partial charge on any atom is 0.410 e. The van der Waals surface area contributed by atoms with E-state index in [1.165, 1.54) is 17.0 Å². The largest absolute Gasteiger partial charge is 0.492 e. The highest BCUT2D eigenvalue weighted by Crippen LogP contribution is 2.19. The van der Waals surface area contributed by atoms with Crippen molar-refractivity contribution in [3.63, 3.8) is 0 Å². The monoisotopic (exact) mass is 406 g/mol. The van der Waals surface area contributed by atoms with Crippen LogP contribution in [0.4, 0.5) is 10.5 Å². The van der Waals surface area contributed by atoms with Gasteiger partial charge in [0.1, 0.15) is 18.0 Å². The predicted octanol–water partition coefficient (Wildman–Crippen LogP) is 5.06. The highest BCUT2D eigenvalue weighted by molar-refractivity contribution is 6.30. The van der Waals surface area contributed by atoms with E-state index in [2.05, 4.69) is 0 Å². The van der Waals surface area contributed by atoms with Gasteiger partial charge in [0, 0.05) is 23.7 Å². The highest BCUT2D eigenvalue weighted by Gasteiger charge is 2.23. The van der Waals surface area contributed by atoms with Gasteiger partial charge in [-0.3, -0.25) is 10.1 Å². The lowest BCUT2D eigenvalue weighted by atomic mass is 10.2. The average molecular weight is 407 g/mol. The summed E-state index contributed by atoms with van der Waals surface area (Å²) in [5, 5.41) is 11.5. The summed E-state index contributed by atoms with van der Waals surface area (Å²) in [6.45, 7) is 5.95. The zero-order chi connectivity index (χ0) is 20.7. The Kier molecular flexibility index (Phi) is 7.23. The van der Waals surface area contributed by atoms with Gasteiger partial charge in [-0.25, -0.2) is 4.79 Å². The van der Waals surface area contributed by atoms with Crippen LogP contribution in [-0.4, -0.2) is 34.7 Å². The summed E-state index contributed by atoms with van der Waals surface area (Å²) in [7, 11) is 0. The van der Waals surface area contributed by atoms with Crippen LogP contribution >= 0.6 is 11.6 Å². The summed E-state index contributed by atoms with van der Waals surface area (Å²) < 4.78 is 11.1. The molecule has 1 amide bonds. The van der Waals surface area contributed by atoms with Crippen molar-refractivity contribution >= 4 is 23.4 Å². The van der Waals surface area contributed by atoms with E-state index in [1.807, 2.05) is 0 Å². The van der Waals surface area contributed by atoms with Gasteiger partial charge in [-0.15, -0.1) is 0 Å². The van der Waals surface area contributed by atoms with Crippen LogP contribution in [0.15, 0.2) is 48.5 Å². The number of nitro groups is 1. The number of halogens is 1. The summed E-state index contributed by atoms with van der Waals surface area (Å²) >= 11 is 5.94. The molecule has 28 heavy (non-hydrogen) atoms. The second-order valence-electron chi connectivity index (χ2n) is 7.13. The number of hydrogen-bond acceptors (Lipinski definition) is 5. The van der Waals surface area contributed by atoms with Gasteiger partial charge in [-0.2, -0.15) is 0 Å². The Morgan fingerprint density at radius 2 is 1.89 bits per heavy atom. The van der Waals surface area contributed by atoms with E-state index in [-0.39, 0.29) is 25.4 Å². The molecular weight excluding hydrogens is 384 g/mol. The number of carbonyl (C=O) groups is 1. The molecular formula is C20H23ClN2O5. The van der Waals surface area contributed by atoms with Crippen molar-refractivity contribution in [2.45, 2.75) is 32.9 Å². The summed E-state index contributed by atoms with van der Waals surface area (Å²) in [4.78, 5) is 24.5. The molecule has 0 aromatic heterocycles. The maximum absolute atomic E-state index is 12.6. The first-order chi connectivity index (χ1) is 13.1. The van der Waals surface area contributed by atoms with Crippen molar-refractivity contribution in [2.75, 3.05) is 13.2 Å². The molecule has 0 N–H and O–H groups in total. The number of non-ortho nitro benzene ring substituents is 1. The number of rotatable bonds is 7. The van der Waals surface area contributed by atoms with E-state index in [0.29, 0.717) is 16.3 Å². The number of nitro benzene ring substituents is 1. The van der Waals surface area contributed by atoms with Gasteiger partial charge in [0.15, 0.2) is 0 Å². The van der Waals surface area contributed by atoms with E-state index in [1.54, 1.807) is 57.2 Å². The molecule has 150 valence electrons. The zero-order valence-corrected chi connectivity index (χ0v) is 16.8. The second-order valence-corrected chi connectivity index (χ2v) is 7.57. The molecule has 0 atom stereocenters. The van der Waals surface area contributed by atoms with Crippen LogP contribution < -0.4 is 4.74 Å².